The lowest BCUT2D eigenvalue weighted by Gasteiger charge is -2.22. The number of nitrogens with one attached hydrogen (secondary N) is 1. The largest absolute Gasteiger partial charge is 0.433 e. The molecule has 0 amide bonds. The molecule has 102 valence electrons. The maximum absolute atomic E-state index is 12.5. The van der Waals surface area contributed by atoms with Gasteiger partial charge >= 0.3 is 6.18 Å². The van der Waals surface area contributed by atoms with E-state index in [0.29, 0.717) is 0 Å². The van der Waals surface area contributed by atoms with Crippen molar-refractivity contribution in [2.45, 2.75) is 26.1 Å². The number of halogens is 3. The van der Waals surface area contributed by atoms with Crippen LogP contribution in [-0.4, -0.2) is 22.7 Å². The Bertz CT molecular complexity index is 409. The van der Waals surface area contributed by atoms with Crippen LogP contribution in [0, 0.1) is 5.92 Å². The van der Waals surface area contributed by atoms with Crippen LogP contribution in [0.4, 0.5) is 24.5 Å². The van der Waals surface area contributed by atoms with E-state index in [4.69, 9.17) is 10.8 Å². The van der Waals surface area contributed by atoms with Gasteiger partial charge in [-0.25, -0.2) is 4.98 Å². The zero-order valence-corrected chi connectivity index (χ0v) is 10.1. The molecule has 1 aromatic heterocycles. The molecule has 4 N–H and O–H groups in total. The highest BCUT2D eigenvalue weighted by Crippen LogP contribution is 2.31. The van der Waals surface area contributed by atoms with Crippen LogP contribution in [0.25, 0.3) is 0 Å². The molecule has 0 spiro atoms. The summed E-state index contributed by atoms with van der Waals surface area (Å²) in [6.45, 7) is 3.47. The minimum absolute atomic E-state index is 0.0642. The van der Waals surface area contributed by atoms with Crippen LogP contribution < -0.4 is 11.1 Å². The highest BCUT2D eigenvalue weighted by molar-refractivity contribution is 5.65. The minimum atomic E-state index is -4.50. The van der Waals surface area contributed by atoms with Crippen molar-refractivity contribution in [3.63, 3.8) is 0 Å². The number of hydrogen-bond donors (Lipinski definition) is 3. The lowest BCUT2D eigenvalue weighted by Crippen LogP contribution is -2.27. The average Bonchev–Trinajstić information content (AvgIpc) is 2.29. The third-order valence-electron chi connectivity index (χ3n) is 2.75. The Morgan fingerprint density at radius 2 is 2.06 bits per heavy atom. The van der Waals surface area contributed by atoms with Crippen LogP contribution in [0.1, 0.15) is 19.5 Å². The van der Waals surface area contributed by atoms with Crippen LogP contribution in [0.3, 0.4) is 0 Å². The number of aliphatic hydroxyl groups is 1. The Morgan fingerprint density at radius 3 is 2.56 bits per heavy atom. The Labute approximate surface area is 103 Å². The number of nitrogen functional groups attached to an aromatic ring is 1. The van der Waals surface area contributed by atoms with Crippen molar-refractivity contribution in [3.8, 4) is 0 Å². The summed E-state index contributed by atoms with van der Waals surface area (Å²) in [6.07, 6.45) is -3.53. The molecule has 2 unspecified atom stereocenters. The maximum Gasteiger partial charge on any atom is 0.433 e. The first-order chi connectivity index (χ1) is 8.25. The molecule has 1 heterocycles. The summed E-state index contributed by atoms with van der Waals surface area (Å²) in [4.78, 5) is 3.24. The molecule has 0 aliphatic heterocycles. The van der Waals surface area contributed by atoms with E-state index in [1.54, 1.807) is 13.8 Å². The number of pyridine rings is 1. The van der Waals surface area contributed by atoms with Gasteiger partial charge in [-0.3, -0.25) is 0 Å². The second-order valence-corrected chi connectivity index (χ2v) is 4.25. The number of rotatable bonds is 4. The van der Waals surface area contributed by atoms with Crippen molar-refractivity contribution in [3.05, 3.63) is 18.0 Å². The molecule has 0 fully saturated rings. The van der Waals surface area contributed by atoms with Crippen LogP contribution in [0.5, 0.6) is 0 Å². The molecule has 0 aromatic carbocycles. The van der Waals surface area contributed by atoms with Gasteiger partial charge in [0.25, 0.3) is 0 Å². The van der Waals surface area contributed by atoms with E-state index < -0.39 is 11.9 Å². The second-order valence-electron chi connectivity index (χ2n) is 4.25. The fourth-order valence-electron chi connectivity index (χ4n) is 1.29. The average molecular weight is 263 g/mol. The number of alkyl halides is 3. The van der Waals surface area contributed by atoms with Gasteiger partial charge in [0, 0.05) is 12.6 Å². The Hall–Kier alpha value is -1.50. The summed E-state index contributed by atoms with van der Waals surface area (Å²) in [5.41, 5.74) is 4.88. The van der Waals surface area contributed by atoms with Gasteiger partial charge in [0.05, 0.1) is 17.6 Å². The summed E-state index contributed by atoms with van der Waals surface area (Å²) in [5, 5.41) is 11.8. The molecule has 0 saturated heterocycles. The number of nitrogens with zero attached hydrogens (tertiary/aromatic N) is 1. The van der Waals surface area contributed by atoms with E-state index in [2.05, 4.69) is 10.3 Å². The normalized spacial score (nSPS) is 15.2. The molecule has 0 bridgehead atoms. The van der Waals surface area contributed by atoms with Crippen molar-refractivity contribution in [2.75, 3.05) is 17.7 Å². The van der Waals surface area contributed by atoms with E-state index in [1.807, 2.05) is 0 Å². The first-order valence-corrected chi connectivity index (χ1v) is 5.45. The molecule has 1 aromatic rings. The third kappa shape index (κ3) is 3.49. The molecular formula is C11H16F3N3O. The number of aliphatic hydroxyl groups excluding tert-OH is 1. The van der Waals surface area contributed by atoms with E-state index in [1.165, 1.54) is 0 Å². The maximum atomic E-state index is 12.5. The number of anilines is 2. The van der Waals surface area contributed by atoms with Crippen molar-refractivity contribution >= 4 is 11.4 Å². The zero-order chi connectivity index (χ0) is 13.9. The van der Waals surface area contributed by atoms with Crippen molar-refractivity contribution in [2.24, 2.45) is 5.92 Å². The first kappa shape index (κ1) is 14.6. The van der Waals surface area contributed by atoms with Gasteiger partial charge in [0.2, 0.25) is 0 Å². The quantitative estimate of drug-likeness (QED) is 0.778. The fourth-order valence-corrected chi connectivity index (χ4v) is 1.29. The van der Waals surface area contributed by atoms with Gasteiger partial charge < -0.3 is 16.2 Å². The molecule has 0 aliphatic carbocycles. The van der Waals surface area contributed by atoms with Gasteiger partial charge in [0.15, 0.2) is 0 Å². The third-order valence-corrected chi connectivity index (χ3v) is 2.75. The molecule has 1 rings (SSSR count). The van der Waals surface area contributed by atoms with Crippen LogP contribution >= 0.6 is 0 Å². The van der Waals surface area contributed by atoms with Crippen molar-refractivity contribution in [1.29, 1.82) is 0 Å². The molecule has 0 saturated carbocycles. The molecule has 0 radical (unpaired) electrons. The van der Waals surface area contributed by atoms with Crippen molar-refractivity contribution < 1.29 is 18.3 Å². The van der Waals surface area contributed by atoms with E-state index in [-0.39, 0.29) is 29.9 Å². The van der Waals surface area contributed by atoms with E-state index >= 15 is 0 Å². The van der Waals surface area contributed by atoms with Crippen LogP contribution in [0.15, 0.2) is 12.3 Å². The predicted molar refractivity (Wildman–Crippen MR) is 63.0 cm³/mol. The van der Waals surface area contributed by atoms with E-state index in [0.717, 1.165) is 12.3 Å². The smallest absolute Gasteiger partial charge is 0.396 e. The molecule has 18 heavy (non-hydrogen) atoms. The van der Waals surface area contributed by atoms with Gasteiger partial charge in [-0.2, -0.15) is 13.2 Å². The van der Waals surface area contributed by atoms with E-state index in [9.17, 15) is 13.2 Å². The van der Waals surface area contributed by atoms with Gasteiger partial charge in [0.1, 0.15) is 5.69 Å². The number of hydrogen-bond acceptors (Lipinski definition) is 4. The predicted octanol–water partition coefficient (Wildman–Crippen LogP) is 2.11. The SMILES string of the molecule is CC(CO)C(C)Nc1cc(C(F)(F)F)ncc1N. The summed E-state index contributed by atoms with van der Waals surface area (Å²) in [6, 6.07) is 0.663. The van der Waals surface area contributed by atoms with Gasteiger partial charge in [-0.05, 0) is 18.9 Å². The van der Waals surface area contributed by atoms with Crippen LogP contribution in [0.2, 0.25) is 0 Å². The fraction of sp³-hybridized carbons (Fsp3) is 0.545. The monoisotopic (exact) mass is 263 g/mol. The second kappa shape index (κ2) is 5.43. The summed E-state index contributed by atoms with van der Waals surface area (Å²) in [7, 11) is 0. The molecule has 4 nitrogen and oxygen atoms in total. The lowest BCUT2D eigenvalue weighted by molar-refractivity contribution is -0.141. The minimum Gasteiger partial charge on any atom is -0.396 e. The highest BCUT2D eigenvalue weighted by atomic mass is 19.4. The first-order valence-electron chi connectivity index (χ1n) is 5.45. The number of nitrogens with two attached hydrogens (primary N) is 1. The molecule has 7 heteroatoms. The van der Waals surface area contributed by atoms with Gasteiger partial charge in [-0.15, -0.1) is 0 Å². The summed E-state index contributed by atoms with van der Waals surface area (Å²) < 4.78 is 37.5. The highest BCUT2D eigenvalue weighted by Gasteiger charge is 2.33. The Morgan fingerprint density at radius 1 is 1.44 bits per heavy atom. The molecule has 0 aliphatic rings. The summed E-state index contributed by atoms with van der Waals surface area (Å²) >= 11 is 0. The zero-order valence-electron chi connectivity index (χ0n) is 10.1. The van der Waals surface area contributed by atoms with Crippen LogP contribution in [-0.2, 0) is 6.18 Å². The standard InChI is InChI=1S/C11H16F3N3O/c1-6(5-18)7(2)17-9-3-10(11(12,13)14)16-4-8(9)15/h3-4,6-7,18H,5,15H2,1-2H3,(H,16,17). The topological polar surface area (TPSA) is 71.2 Å². The summed E-state index contributed by atoms with van der Waals surface area (Å²) in [5.74, 6) is -0.105. The molecular weight excluding hydrogens is 247 g/mol. The number of aromatic nitrogens is 1. The van der Waals surface area contributed by atoms with Gasteiger partial charge in [-0.1, -0.05) is 6.92 Å². The van der Waals surface area contributed by atoms with Crippen molar-refractivity contribution in [1.82, 2.24) is 4.98 Å². The Kier molecular flexibility index (Phi) is 4.39. The Balaban J connectivity index is 2.95. The lowest BCUT2D eigenvalue weighted by atomic mass is 10.0. The molecule has 2 atom stereocenters.